The Morgan fingerprint density at radius 1 is 1.25 bits per heavy atom. The van der Waals surface area contributed by atoms with Gasteiger partial charge in [0.15, 0.2) is 0 Å². The lowest BCUT2D eigenvalue weighted by Crippen LogP contribution is -2.41. The Kier molecular flexibility index (Phi) is 1.95. The number of ether oxygens (including phenoxy) is 1. The van der Waals surface area contributed by atoms with Crippen LogP contribution in [-0.2, 0) is 4.74 Å². The van der Waals surface area contributed by atoms with Crippen molar-refractivity contribution in [2.45, 2.75) is 46.1 Å². The first-order valence-corrected chi connectivity index (χ1v) is 5.26. The summed E-state index contributed by atoms with van der Waals surface area (Å²) in [7, 11) is 0. The van der Waals surface area contributed by atoms with E-state index >= 15 is 0 Å². The minimum atomic E-state index is 0.476. The Balaban J connectivity index is 2.11. The molecule has 0 spiro atoms. The molecule has 0 amide bonds. The summed E-state index contributed by atoms with van der Waals surface area (Å²) in [5.41, 5.74) is 0.595. The average Bonchev–Trinajstić information content (AvgIpc) is 2.82. The fraction of sp³-hybridized carbons (Fsp3) is 1.00. The highest BCUT2D eigenvalue weighted by atomic mass is 16.5. The molecule has 2 rings (SSSR count). The summed E-state index contributed by atoms with van der Waals surface area (Å²) >= 11 is 0. The minimum Gasteiger partial charge on any atom is -0.378 e. The number of hydrogen-bond donors (Lipinski definition) is 0. The molecule has 0 aromatic rings. The van der Waals surface area contributed by atoms with Gasteiger partial charge in [-0.05, 0) is 43.4 Å². The van der Waals surface area contributed by atoms with Crippen molar-refractivity contribution in [3.05, 3.63) is 0 Å². The number of hydrogen-bond acceptors (Lipinski definition) is 1. The summed E-state index contributed by atoms with van der Waals surface area (Å²) in [5.74, 6) is 1.76. The minimum absolute atomic E-state index is 0.476. The van der Waals surface area contributed by atoms with Gasteiger partial charge in [-0.1, -0.05) is 13.8 Å². The van der Waals surface area contributed by atoms with E-state index in [1.165, 1.54) is 19.3 Å². The first-order chi connectivity index (χ1) is 5.64. The van der Waals surface area contributed by atoms with Crippen LogP contribution in [-0.4, -0.2) is 12.7 Å². The van der Waals surface area contributed by atoms with E-state index in [-0.39, 0.29) is 0 Å². The van der Waals surface area contributed by atoms with Gasteiger partial charge in [-0.2, -0.15) is 0 Å². The Morgan fingerprint density at radius 2 is 1.92 bits per heavy atom. The fourth-order valence-electron chi connectivity index (χ4n) is 2.69. The molecule has 1 heterocycles. The Morgan fingerprint density at radius 3 is 2.50 bits per heavy atom. The smallest absolute Gasteiger partial charge is 0.0577 e. The lowest BCUT2D eigenvalue weighted by molar-refractivity contribution is -0.0882. The number of rotatable bonds is 1. The van der Waals surface area contributed by atoms with Crippen LogP contribution in [0.1, 0.15) is 40.0 Å². The molecule has 0 radical (unpaired) electrons. The maximum atomic E-state index is 5.66. The van der Waals surface area contributed by atoms with Crippen molar-refractivity contribution < 1.29 is 4.74 Å². The van der Waals surface area contributed by atoms with Crippen LogP contribution in [0.5, 0.6) is 0 Å². The molecule has 1 heteroatoms. The van der Waals surface area contributed by atoms with Gasteiger partial charge in [0.1, 0.15) is 0 Å². The molecule has 0 N–H and O–H groups in total. The van der Waals surface area contributed by atoms with Crippen LogP contribution in [0, 0.1) is 17.3 Å². The topological polar surface area (TPSA) is 9.23 Å². The second-order valence-electron chi connectivity index (χ2n) is 4.89. The molecule has 2 fully saturated rings. The van der Waals surface area contributed by atoms with Gasteiger partial charge in [-0.25, -0.2) is 0 Å². The first kappa shape index (κ1) is 8.55. The van der Waals surface area contributed by atoms with E-state index in [1.54, 1.807) is 0 Å². The summed E-state index contributed by atoms with van der Waals surface area (Å²) in [6.07, 6.45) is 4.69. The lowest BCUT2D eigenvalue weighted by Gasteiger charge is -2.43. The quantitative estimate of drug-likeness (QED) is 0.585. The largest absolute Gasteiger partial charge is 0.378 e. The van der Waals surface area contributed by atoms with Crippen LogP contribution >= 0.6 is 0 Å². The van der Waals surface area contributed by atoms with Crippen molar-refractivity contribution in [2.24, 2.45) is 17.3 Å². The zero-order valence-electron chi connectivity index (χ0n) is 8.47. The standard InChI is InChI=1S/C11H20O/c1-8-9(2)12-7-6-11(8,3)10-4-5-10/h8-10H,4-7H2,1-3H3. The molecule has 70 valence electrons. The summed E-state index contributed by atoms with van der Waals surface area (Å²) in [5, 5.41) is 0. The van der Waals surface area contributed by atoms with Gasteiger partial charge < -0.3 is 4.74 Å². The van der Waals surface area contributed by atoms with E-state index in [2.05, 4.69) is 20.8 Å². The molecular formula is C11H20O. The molecule has 1 saturated carbocycles. The molecule has 2 aliphatic rings. The van der Waals surface area contributed by atoms with Gasteiger partial charge in [-0.3, -0.25) is 0 Å². The summed E-state index contributed by atoms with van der Waals surface area (Å²) < 4.78 is 5.66. The highest BCUT2D eigenvalue weighted by Crippen LogP contribution is 2.54. The molecule has 0 aromatic carbocycles. The second kappa shape index (κ2) is 2.73. The van der Waals surface area contributed by atoms with Crippen molar-refractivity contribution in [1.29, 1.82) is 0 Å². The SMILES string of the molecule is CC1OCCC(C)(C2CC2)C1C. The highest BCUT2D eigenvalue weighted by molar-refractivity contribution is 4.97. The lowest BCUT2D eigenvalue weighted by atomic mass is 9.68. The predicted molar refractivity (Wildman–Crippen MR) is 50.0 cm³/mol. The van der Waals surface area contributed by atoms with E-state index < -0.39 is 0 Å². The average molecular weight is 168 g/mol. The third-order valence-corrected chi connectivity index (χ3v) is 4.28. The second-order valence-corrected chi connectivity index (χ2v) is 4.89. The fourth-order valence-corrected chi connectivity index (χ4v) is 2.69. The van der Waals surface area contributed by atoms with E-state index in [0.29, 0.717) is 11.5 Å². The highest BCUT2D eigenvalue weighted by Gasteiger charge is 2.48. The van der Waals surface area contributed by atoms with E-state index in [0.717, 1.165) is 18.4 Å². The Bertz CT molecular complexity index is 174. The molecule has 1 aliphatic heterocycles. The van der Waals surface area contributed by atoms with Gasteiger partial charge in [0.2, 0.25) is 0 Å². The summed E-state index contributed by atoms with van der Waals surface area (Å²) in [4.78, 5) is 0. The molecule has 0 aromatic heterocycles. The van der Waals surface area contributed by atoms with Crippen molar-refractivity contribution >= 4 is 0 Å². The van der Waals surface area contributed by atoms with Gasteiger partial charge in [0.25, 0.3) is 0 Å². The molecule has 1 nitrogen and oxygen atoms in total. The van der Waals surface area contributed by atoms with Gasteiger partial charge in [0, 0.05) is 6.61 Å². The summed E-state index contributed by atoms with van der Waals surface area (Å²) in [6.45, 7) is 8.04. The summed E-state index contributed by atoms with van der Waals surface area (Å²) in [6, 6.07) is 0. The Hall–Kier alpha value is -0.0400. The molecule has 3 atom stereocenters. The van der Waals surface area contributed by atoms with Crippen molar-refractivity contribution in [1.82, 2.24) is 0 Å². The third-order valence-electron chi connectivity index (χ3n) is 4.28. The molecule has 1 aliphatic carbocycles. The van der Waals surface area contributed by atoms with E-state index in [9.17, 15) is 0 Å². The van der Waals surface area contributed by atoms with Crippen LogP contribution in [0.2, 0.25) is 0 Å². The Labute approximate surface area is 75.5 Å². The van der Waals surface area contributed by atoms with E-state index in [4.69, 9.17) is 4.74 Å². The molecular weight excluding hydrogens is 148 g/mol. The zero-order chi connectivity index (χ0) is 8.77. The van der Waals surface area contributed by atoms with Crippen LogP contribution < -0.4 is 0 Å². The maximum Gasteiger partial charge on any atom is 0.0577 e. The zero-order valence-corrected chi connectivity index (χ0v) is 8.47. The van der Waals surface area contributed by atoms with Gasteiger partial charge >= 0.3 is 0 Å². The van der Waals surface area contributed by atoms with Crippen molar-refractivity contribution in [3.8, 4) is 0 Å². The third kappa shape index (κ3) is 1.19. The molecule has 0 bridgehead atoms. The molecule has 12 heavy (non-hydrogen) atoms. The normalized spacial score (nSPS) is 49.2. The first-order valence-electron chi connectivity index (χ1n) is 5.26. The van der Waals surface area contributed by atoms with Crippen LogP contribution in [0.25, 0.3) is 0 Å². The van der Waals surface area contributed by atoms with Gasteiger partial charge in [-0.15, -0.1) is 0 Å². The molecule has 1 saturated heterocycles. The van der Waals surface area contributed by atoms with E-state index in [1.807, 2.05) is 0 Å². The van der Waals surface area contributed by atoms with Crippen LogP contribution in [0.3, 0.4) is 0 Å². The van der Waals surface area contributed by atoms with Gasteiger partial charge in [0.05, 0.1) is 6.10 Å². The predicted octanol–water partition coefficient (Wildman–Crippen LogP) is 2.85. The van der Waals surface area contributed by atoms with Crippen LogP contribution in [0.4, 0.5) is 0 Å². The monoisotopic (exact) mass is 168 g/mol. The van der Waals surface area contributed by atoms with Crippen molar-refractivity contribution in [3.63, 3.8) is 0 Å². The van der Waals surface area contributed by atoms with Crippen molar-refractivity contribution in [2.75, 3.05) is 6.61 Å². The maximum absolute atomic E-state index is 5.66. The molecule has 3 unspecified atom stereocenters. The van der Waals surface area contributed by atoms with Crippen LogP contribution in [0.15, 0.2) is 0 Å².